The predicted octanol–water partition coefficient (Wildman–Crippen LogP) is 2.51. The summed E-state index contributed by atoms with van der Waals surface area (Å²) in [5.74, 6) is 1.58. The zero-order chi connectivity index (χ0) is 22.3. The summed E-state index contributed by atoms with van der Waals surface area (Å²) in [5.41, 5.74) is 2.86. The maximum absolute atomic E-state index is 12.3. The van der Waals surface area contributed by atoms with Gasteiger partial charge in [0.05, 0.1) is 0 Å². The predicted molar refractivity (Wildman–Crippen MR) is 118 cm³/mol. The largest absolute Gasteiger partial charge is 0.437 e. The normalized spacial score (nSPS) is 17.0. The third kappa shape index (κ3) is 4.67. The lowest BCUT2D eigenvalue weighted by Gasteiger charge is -2.35. The van der Waals surface area contributed by atoms with E-state index >= 15 is 0 Å². The van der Waals surface area contributed by atoms with Gasteiger partial charge >= 0.3 is 0 Å². The van der Waals surface area contributed by atoms with Gasteiger partial charge in [-0.15, -0.1) is 0 Å². The summed E-state index contributed by atoms with van der Waals surface area (Å²) in [6, 6.07) is 7.02. The molecule has 31 heavy (non-hydrogen) atoms. The molecule has 2 N–H and O–H groups in total. The Morgan fingerprint density at radius 2 is 1.68 bits per heavy atom. The summed E-state index contributed by atoms with van der Waals surface area (Å²) in [6.07, 6.45) is 1.99. The van der Waals surface area contributed by atoms with Crippen molar-refractivity contribution < 1.29 is 17.9 Å². The fourth-order valence-electron chi connectivity index (χ4n) is 4.05. The number of sulfonamides is 1. The van der Waals surface area contributed by atoms with Gasteiger partial charge in [-0.25, -0.2) is 13.6 Å². The van der Waals surface area contributed by atoms with Crippen LogP contribution < -0.4 is 14.8 Å². The van der Waals surface area contributed by atoms with Crippen molar-refractivity contribution in [3.05, 3.63) is 41.0 Å². The van der Waals surface area contributed by atoms with E-state index in [1.54, 1.807) is 6.07 Å². The molecular weight excluding hydrogens is 416 g/mol. The molecule has 166 valence electrons. The zero-order valence-electron chi connectivity index (χ0n) is 18.1. The van der Waals surface area contributed by atoms with Crippen molar-refractivity contribution in [2.45, 2.75) is 38.5 Å². The van der Waals surface area contributed by atoms with E-state index in [1.807, 2.05) is 42.7 Å². The highest BCUT2D eigenvalue weighted by atomic mass is 32.2. The van der Waals surface area contributed by atoms with Crippen molar-refractivity contribution in [2.24, 2.45) is 11.1 Å². The first-order valence-electron chi connectivity index (χ1n) is 10.5. The van der Waals surface area contributed by atoms with Gasteiger partial charge in [0.2, 0.25) is 21.8 Å². The molecule has 1 aliphatic carbocycles. The van der Waals surface area contributed by atoms with Crippen molar-refractivity contribution >= 4 is 21.7 Å². The Balaban J connectivity index is 1.61. The molecule has 1 aromatic heterocycles. The Hall–Kier alpha value is -2.65. The number of piperazine rings is 1. The molecule has 8 nitrogen and oxygen atoms in total. The molecule has 4 rings (SSSR count). The third-order valence-electron chi connectivity index (χ3n) is 5.76. The van der Waals surface area contributed by atoms with Crippen LogP contribution in [0.2, 0.25) is 0 Å². The number of nitrogens with two attached hydrogens (primary N) is 1. The molecule has 2 fully saturated rings. The third-order valence-corrected chi connectivity index (χ3v) is 6.69. The standard InChI is InChI=1S/C22H28N4O4S/c1-14-12-15(2)20(16(3)13-14)30-21-18(31(23,28)29)6-7-19(24-21)25-8-10-26(11-9-25)22(27)17-4-5-17/h6-7,12-13,17H,4-5,8-11H2,1-3H3,(H2,23,28,29). The second kappa shape index (κ2) is 8.12. The lowest BCUT2D eigenvalue weighted by Crippen LogP contribution is -2.49. The Labute approximate surface area is 183 Å². The number of anilines is 1. The number of aryl methyl sites for hydroxylation is 3. The van der Waals surface area contributed by atoms with E-state index in [0.29, 0.717) is 37.7 Å². The van der Waals surface area contributed by atoms with Crippen LogP contribution in [0, 0.1) is 26.7 Å². The minimum Gasteiger partial charge on any atom is -0.437 e. The van der Waals surface area contributed by atoms with Gasteiger partial charge in [-0.2, -0.15) is 4.98 Å². The molecule has 2 aliphatic rings. The number of primary sulfonamides is 1. The highest BCUT2D eigenvalue weighted by molar-refractivity contribution is 7.89. The van der Waals surface area contributed by atoms with Gasteiger partial charge < -0.3 is 14.5 Å². The lowest BCUT2D eigenvalue weighted by molar-refractivity contribution is -0.132. The molecular formula is C22H28N4O4S. The van der Waals surface area contributed by atoms with Crippen LogP contribution in [0.25, 0.3) is 0 Å². The Kier molecular flexibility index (Phi) is 5.65. The lowest BCUT2D eigenvalue weighted by atomic mass is 10.1. The average molecular weight is 445 g/mol. The van der Waals surface area contributed by atoms with Gasteiger partial charge in [-0.1, -0.05) is 17.7 Å². The smallest absolute Gasteiger partial charge is 0.243 e. The van der Waals surface area contributed by atoms with E-state index in [-0.39, 0.29) is 22.6 Å². The van der Waals surface area contributed by atoms with Crippen molar-refractivity contribution in [3.8, 4) is 11.6 Å². The summed E-state index contributed by atoms with van der Waals surface area (Å²) >= 11 is 0. The number of aromatic nitrogens is 1. The molecule has 1 saturated carbocycles. The maximum atomic E-state index is 12.3. The fourth-order valence-corrected chi connectivity index (χ4v) is 4.64. The monoisotopic (exact) mass is 444 g/mol. The molecule has 1 saturated heterocycles. The van der Waals surface area contributed by atoms with Gasteiger partial charge in [0.1, 0.15) is 16.5 Å². The number of amides is 1. The van der Waals surface area contributed by atoms with Gasteiger partial charge in [0.15, 0.2) is 0 Å². The van der Waals surface area contributed by atoms with Gasteiger partial charge in [0, 0.05) is 32.1 Å². The second-order valence-corrected chi connectivity index (χ2v) is 9.96. The molecule has 0 spiro atoms. The SMILES string of the molecule is Cc1cc(C)c(Oc2nc(N3CCN(C(=O)C4CC4)CC3)ccc2S(N)(=O)=O)c(C)c1. The summed E-state index contributed by atoms with van der Waals surface area (Å²) in [4.78, 5) is 20.6. The molecule has 9 heteroatoms. The average Bonchev–Trinajstić information content (AvgIpc) is 3.55. The number of pyridine rings is 1. The summed E-state index contributed by atoms with van der Waals surface area (Å²) in [5, 5.41) is 5.42. The van der Waals surface area contributed by atoms with Crippen molar-refractivity contribution in [1.29, 1.82) is 0 Å². The number of carbonyl (C=O) groups excluding carboxylic acids is 1. The quantitative estimate of drug-likeness (QED) is 0.760. The van der Waals surface area contributed by atoms with Crippen LogP contribution in [-0.2, 0) is 14.8 Å². The fraction of sp³-hybridized carbons (Fsp3) is 0.455. The summed E-state index contributed by atoms with van der Waals surface area (Å²) in [6.45, 7) is 8.31. The minimum atomic E-state index is -4.02. The van der Waals surface area contributed by atoms with Crippen LogP contribution in [0.1, 0.15) is 29.5 Å². The van der Waals surface area contributed by atoms with Crippen molar-refractivity contribution in [2.75, 3.05) is 31.1 Å². The molecule has 2 heterocycles. The highest BCUT2D eigenvalue weighted by Gasteiger charge is 2.35. The van der Waals surface area contributed by atoms with E-state index in [1.165, 1.54) is 6.07 Å². The number of nitrogens with zero attached hydrogens (tertiary/aromatic N) is 3. The number of carbonyl (C=O) groups is 1. The number of benzene rings is 1. The number of hydrogen-bond donors (Lipinski definition) is 1. The molecule has 2 aromatic rings. The first-order chi connectivity index (χ1) is 14.6. The summed E-state index contributed by atoms with van der Waals surface area (Å²) < 4.78 is 30.3. The molecule has 0 unspecified atom stereocenters. The molecule has 1 aliphatic heterocycles. The Morgan fingerprint density at radius 1 is 1.06 bits per heavy atom. The molecule has 0 bridgehead atoms. The van der Waals surface area contributed by atoms with Crippen LogP contribution in [0.5, 0.6) is 11.6 Å². The first kappa shape index (κ1) is 21.6. The van der Waals surface area contributed by atoms with E-state index < -0.39 is 10.0 Å². The Bertz CT molecular complexity index is 1100. The zero-order valence-corrected chi connectivity index (χ0v) is 18.9. The number of hydrogen-bond acceptors (Lipinski definition) is 6. The van der Waals surface area contributed by atoms with Gasteiger partial charge in [0.25, 0.3) is 0 Å². The minimum absolute atomic E-state index is 0.0356. The van der Waals surface area contributed by atoms with E-state index in [0.717, 1.165) is 29.5 Å². The van der Waals surface area contributed by atoms with Crippen molar-refractivity contribution in [1.82, 2.24) is 9.88 Å². The van der Waals surface area contributed by atoms with E-state index in [4.69, 9.17) is 9.88 Å². The molecule has 0 radical (unpaired) electrons. The summed E-state index contributed by atoms with van der Waals surface area (Å²) in [7, 11) is -4.02. The first-order valence-corrected chi connectivity index (χ1v) is 12.0. The molecule has 0 atom stereocenters. The van der Waals surface area contributed by atoms with Crippen LogP contribution in [0.4, 0.5) is 5.82 Å². The second-order valence-electron chi connectivity index (χ2n) is 8.43. The molecule has 1 amide bonds. The Morgan fingerprint density at radius 3 is 2.23 bits per heavy atom. The van der Waals surface area contributed by atoms with Crippen LogP contribution in [0.15, 0.2) is 29.2 Å². The van der Waals surface area contributed by atoms with E-state index in [2.05, 4.69) is 4.98 Å². The highest BCUT2D eigenvalue weighted by Crippen LogP contribution is 2.34. The van der Waals surface area contributed by atoms with E-state index in [9.17, 15) is 13.2 Å². The maximum Gasteiger partial charge on any atom is 0.243 e. The topological polar surface area (TPSA) is 106 Å². The van der Waals surface area contributed by atoms with Crippen LogP contribution in [0.3, 0.4) is 0 Å². The van der Waals surface area contributed by atoms with Gasteiger partial charge in [-0.05, 0) is 56.9 Å². The van der Waals surface area contributed by atoms with Crippen LogP contribution >= 0.6 is 0 Å². The van der Waals surface area contributed by atoms with Crippen molar-refractivity contribution in [3.63, 3.8) is 0 Å². The molecule has 1 aromatic carbocycles. The van der Waals surface area contributed by atoms with Gasteiger partial charge in [-0.3, -0.25) is 4.79 Å². The number of rotatable bonds is 5. The van der Waals surface area contributed by atoms with Crippen LogP contribution in [-0.4, -0.2) is 50.4 Å². The number of ether oxygens (including phenoxy) is 1.